The van der Waals surface area contributed by atoms with Crippen LogP contribution in [0.2, 0.25) is 0 Å². The lowest BCUT2D eigenvalue weighted by Gasteiger charge is -2.12. The lowest BCUT2D eigenvalue weighted by Crippen LogP contribution is -2.21. The average Bonchev–Trinajstić information content (AvgIpc) is 2.76. The Hall–Kier alpha value is -2.72. The van der Waals surface area contributed by atoms with Gasteiger partial charge in [-0.25, -0.2) is 18.1 Å². The third-order valence-electron chi connectivity index (χ3n) is 4.85. The molecule has 0 radical (unpaired) electrons. The van der Waals surface area contributed by atoms with E-state index in [1.807, 2.05) is 20.2 Å². The molecule has 0 saturated heterocycles. The molecule has 1 atom stereocenters. The monoisotopic (exact) mass is 448 g/mol. The van der Waals surface area contributed by atoms with E-state index in [0.29, 0.717) is 23.5 Å². The zero-order valence-electron chi connectivity index (χ0n) is 18.0. The Morgan fingerprint density at radius 2 is 2.03 bits per heavy atom. The van der Waals surface area contributed by atoms with Gasteiger partial charge in [-0.1, -0.05) is 17.6 Å². The van der Waals surface area contributed by atoms with Crippen LogP contribution in [0.15, 0.2) is 33.6 Å². The van der Waals surface area contributed by atoms with Crippen molar-refractivity contribution in [3.8, 4) is 11.1 Å². The van der Waals surface area contributed by atoms with Gasteiger partial charge in [-0.15, -0.1) is 0 Å². The Morgan fingerprint density at radius 1 is 1.26 bits per heavy atom. The second kappa shape index (κ2) is 10.1. The SMILES string of the molecule is CCS(C)=Nc1ccc(F)c(-c2cc3cnc(NCCCNC)nc3n(C)c2=O)c1F. The van der Waals surface area contributed by atoms with Crippen molar-refractivity contribution < 1.29 is 8.78 Å². The van der Waals surface area contributed by atoms with Gasteiger partial charge in [0.1, 0.15) is 17.2 Å². The number of halogens is 2. The van der Waals surface area contributed by atoms with E-state index in [1.165, 1.54) is 29.9 Å². The molecule has 0 fully saturated rings. The van der Waals surface area contributed by atoms with Crippen LogP contribution in [0.25, 0.3) is 22.2 Å². The van der Waals surface area contributed by atoms with Crippen molar-refractivity contribution in [2.24, 2.45) is 11.4 Å². The Bertz CT molecular complexity index is 1190. The first-order valence-electron chi connectivity index (χ1n) is 9.95. The molecule has 31 heavy (non-hydrogen) atoms. The number of benzene rings is 1. The molecule has 0 amide bonds. The summed E-state index contributed by atoms with van der Waals surface area (Å²) in [5.41, 5.74) is -0.599. The minimum Gasteiger partial charge on any atom is -0.354 e. The van der Waals surface area contributed by atoms with Crippen molar-refractivity contribution in [3.63, 3.8) is 0 Å². The molecular formula is C21H26F2N6OS. The van der Waals surface area contributed by atoms with Gasteiger partial charge in [0, 0.05) is 30.9 Å². The Labute approximate surface area is 182 Å². The molecule has 0 saturated carbocycles. The summed E-state index contributed by atoms with van der Waals surface area (Å²) in [7, 11) is 3.00. The third kappa shape index (κ3) is 4.96. The molecule has 3 rings (SSSR count). The van der Waals surface area contributed by atoms with Gasteiger partial charge in [0.25, 0.3) is 5.56 Å². The van der Waals surface area contributed by atoms with Gasteiger partial charge in [-0.3, -0.25) is 9.36 Å². The number of nitrogens with zero attached hydrogens (tertiary/aromatic N) is 4. The van der Waals surface area contributed by atoms with Crippen molar-refractivity contribution in [2.75, 3.05) is 37.5 Å². The molecule has 7 nitrogen and oxygen atoms in total. The van der Waals surface area contributed by atoms with Gasteiger partial charge in [0.15, 0.2) is 5.82 Å². The average molecular weight is 449 g/mol. The maximum Gasteiger partial charge on any atom is 0.260 e. The Kier molecular flexibility index (Phi) is 7.45. The van der Waals surface area contributed by atoms with Gasteiger partial charge in [0.2, 0.25) is 5.95 Å². The van der Waals surface area contributed by atoms with Gasteiger partial charge in [-0.05, 0) is 44.5 Å². The van der Waals surface area contributed by atoms with Gasteiger partial charge in [-0.2, -0.15) is 4.98 Å². The highest BCUT2D eigenvalue weighted by Crippen LogP contribution is 2.32. The molecule has 2 N–H and O–H groups in total. The van der Waals surface area contributed by atoms with Crippen molar-refractivity contribution in [2.45, 2.75) is 13.3 Å². The normalized spacial score (nSPS) is 12.5. The summed E-state index contributed by atoms with van der Waals surface area (Å²) < 4.78 is 35.4. The highest BCUT2D eigenvalue weighted by molar-refractivity contribution is 7.86. The second-order valence-electron chi connectivity index (χ2n) is 7.01. The van der Waals surface area contributed by atoms with Crippen LogP contribution in [0.3, 0.4) is 0 Å². The molecule has 10 heteroatoms. The molecule has 1 aromatic carbocycles. The first-order valence-corrected chi connectivity index (χ1v) is 11.7. The summed E-state index contributed by atoms with van der Waals surface area (Å²) in [6, 6.07) is 3.87. The second-order valence-corrected chi connectivity index (χ2v) is 8.98. The molecule has 1 unspecified atom stereocenters. The highest BCUT2D eigenvalue weighted by atomic mass is 32.2. The summed E-state index contributed by atoms with van der Waals surface area (Å²) in [6.45, 7) is 3.46. The number of anilines is 1. The lowest BCUT2D eigenvalue weighted by molar-refractivity contribution is 0.590. The van der Waals surface area contributed by atoms with Crippen molar-refractivity contribution >= 4 is 33.4 Å². The van der Waals surface area contributed by atoms with Gasteiger partial charge < -0.3 is 10.6 Å². The maximum absolute atomic E-state index is 15.2. The number of pyridine rings is 1. The fraction of sp³-hybridized carbons (Fsp3) is 0.381. The molecule has 2 aromatic heterocycles. The molecule has 0 bridgehead atoms. The van der Waals surface area contributed by atoms with Gasteiger partial charge in [0.05, 0.1) is 11.1 Å². The number of fused-ring (bicyclic) bond motifs is 1. The van der Waals surface area contributed by atoms with Crippen LogP contribution in [0.1, 0.15) is 13.3 Å². The number of rotatable bonds is 8. The standard InChI is InChI=1S/C21H26F2N6OS/c1-5-31(4)28-16-8-7-15(22)17(18(16)23)14-11-13-12-26-21(25-10-6-9-24-2)27-19(13)29(3)20(14)30/h7-8,11-12,24H,5-6,9-10H2,1-4H3,(H,25,26,27). The van der Waals surface area contributed by atoms with Crippen molar-refractivity contribution in [3.05, 3.63) is 46.4 Å². The van der Waals surface area contributed by atoms with Crippen LogP contribution in [0, 0.1) is 11.6 Å². The largest absolute Gasteiger partial charge is 0.354 e. The van der Waals surface area contributed by atoms with E-state index in [1.54, 1.807) is 0 Å². The summed E-state index contributed by atoms with van der Waals surface area (Å²) in [6.07, 6.45) is 4.29. The molecule has 0 aliphatic carbocycles. The molecule has 0 aliphatic rings. The smallest absolute Gasteiger partial charge is 0.260 e. The number of hydrogen-bond donors (Lipinski definition) is 2. The zero-order valence-corrected chi connectivity index (χ0v) is 18.8. The summed E-state index contributed by atoms with van der Waals surface area (Å²) in [4.78, 5) is 21.7. The van der Waals surface area contributed by atoms with Crippen LogP contribution >= 0.6 is 0 Å². The van der Waals surface area contributed by atoms with E-state index in [-0.39, 0.29) is 16.8 Å². The predicted octanol–water partition coefficient (Wildman–Crippen LogP) is 3.38. The van der Waals surface area contributed by atoms with Gasteiger partial charge >= 0.3 is 0 Å². The summed E-state index contributed by atoms with van der Waals surface area (Å²) in [5, 5.41) is 6.66. The fourth-order valence-electron chi connectivity index (χ4n) is 3.07. The van der Waals surface area contributed by atoms with E-state index >= 15 is 4.39 Å². The van der Waals surface area contributed by atoms with E-state index in [9.17, 15) is 9.18 Å². The van der Waals surface area contributed by atoms with Crippen LogP contribution in [-0.2, 0) is 17.7 Å². The van der Waals surface area contributed by atoms with Crippen LogP contribution in [0.5, 0.6) is 0 Å². The first kappa shape index (κ1) is 23.0. The summed E-state index contributed by atoms with van der Waals surface area (Å²) in [5.74, 6) is -0.525. The van der Waals surface area contributed by atoms with E-state index in [4.69, 9.17) is 0 Å². The van der Waals surface area contributed by atoms with Crippen molar-refractivity contribution in [1.82, 2.24) is 19.9 Å². The molecule has 0 aliphatic heterocycles. The number of aryl methyl sites for hydroxylation is 1. The number of nitrogens with one attached hydrogen (secondary N) is 2. The lowest BCUT2D eigenvalue weighted by atomic mass is 10.0. The molecular weight excluding hydrogens is 422 g/mol. The number of aromatic nitrogens is 3. The molecule has 0 spiro atoms. The van der Waals surface area contributed by atoms with E-state index in [0.717, 1.165) is 24.8 Å². The molecule has 3 aromatic rings. The third-order valence-corrected chi connectivity index (χ3v) is 6.19. The van der Waals surface area contributed by atoms with Crippen LogP contribution < -0.4 is 16.2 Å². The minimum atomic E-state index is -0.840. The molecule has 166 valence electrons. The number of hydrogen-bond acceptors (Lipinski definition) is 6. The predicted molar refractivity (Wildman–Crippen MR) is 123 cm³/mol. The maximum atomic E-state index is 15.2. The first-order chi connectivity index (χ1) is 14.9. The Morgan fingerprint density at radius 3 is 2.74 bits per heavy atom. The minimum absolute atomic E-state index is 0.0450. The quantitative estimate of drug-likeness (QED) is 0.516. The van der Waals surface area contributed by atoms with E-state index in [2.05, 4.69) is 25.0 Å². The van der Waals surface area contributed by atoms with Crippen molar-refractivity contribution in [1.29, 1.82) is 0 Å². The van der Waals surface area contributed by atoms with Crippen LogP contribution in [-0.4, -0.2) is 46.7 Å². The highest BCUT2D eigenvalue weighted by Gasteiger charge is 2.20. The fourth-order valence-corrected chi connectivity index (χ4v) is 3.67. The van der Waals surface area contributed by atoms with E-state index < -0.39 is 27.9 Å². The molecule has 2 heterocycles. The van der Waals surface area contributed by atoms with Crippen LogP contribution in [0.4, 0.5) is 20.4 Å². The topological polar surface area (TPSA) is 84.2 Å². The summed E-state index contributed by atoms with van der Waals surface area (Å²) >= 11 is 0. The Balaban J connectivity index is 2.09. The zero-order chi connectivity index (χ0) is 22.5.